The van der Waals surface area contributed by atoms with Crippen LogP contribution in [-0.2, 0) is 4.74 Å². The Morgan fingerprint density at radius 3 is 2.00 bits per heavy atom. The molecule has 0 unspecified atom stereocenters. The maximum atomic E-state index is 10.9. The molecule has 0 N–H and O–H groups in total. The number of halogens is 4. The summed E-state index contributed by atoms with van der Waals surface area (Å²) in [4.78, 5) is 0. The van der Waals surface area contributed by atoms with Crippen LogP contribution in [0, 0.1) is 6.86 Å². The average Bonchev–Trinajstić information content (AvgIpc) is 1.59. The van der Waals surface area contributed by atoms with Crippen molar-refractivity contribution in [3.05, 3.63) is 6.86 Å². The first-order valence-corrected chi connectivity index (χ1v) is 1.66. The molecule has 0 aliphatic rings. The summed E-state index contributed by atoms with van der Waals surface area (Å²) in [5.41, 5.74) is 0. The molecule has 0 rings (SSSR count). The number of rotatable bonds is 2. The minimum atomic E-state index is -4.44. The van der Waals surface area contributed by atoms with Gasteiger partial charge in [-0.05, 0) is 0 Å². The Morgan fingerprint density at radius 1 is 1.38 bits per heavy atom. The topological polar surface area (TPSA) is 9.23 Å². The van der Waals surface area contributed by atoms with Crippen LogP contribution in [0.1, 0.15) is 0 Å². The first-order valence-electron chi connectivity index (χ1n) is 1.66. The van der Waals surface area contributed by atoms with Crippen molar-refractivity contribution in [1.82, 2.24) is 0 Å². The molecule has 0 aliphatic heterocycles. The van der Waals surface area contributed by atoms with Gasteiger partial charge >= 0.3 is 6.18 Å². The summed E-state index contributed by atoms with van der Waals surface area (Å²) in [6, 6.07) is 0. The number of ether oxygens (including phenoxy) is 1. The van der Waals surface area contributed by atoms with Crippen LogP contribution in [0.25, 0.3) is 0 Å². The molecule has 0 heterocycles. The van der Waals surface area contributed by atoms with Crippen LogP contribution in [-0.4, -0.2) is 12.8 Å². The summed E-state index contributed by atoms with van der Waals surface area (Å²) < 4.78 is 46.8. The maximum absolute atomic E-state index is 10.9. The molecule has 0 fully saturated rings. The summed E-state index contributed by atoms with van der Waals surface area (Å²) in [6.45, 7) is -2.06. The highest BCUT2D eigenvalue weighted by Crippen LogP contribution is 2.14. The fraction of sp³-hybridized carbons (Fsp3) is 0.667. The van der Waals surface area contributed by atoms with Crippen LogP contribution in [0.5, 0.6) is 0 Å². The van der Waals surface area contributed by atoms with Crippen molar-refractivity contribution < 1.29 is 22.3 Å². The molecule has 49 valence electrons. The van der Waals surface area contributed by atoms with E-state index in [-0.39, 0.29) is 0 Å². The largest absolute Gasteiger partial charge is 0.411 e. The van der Waals surface area contributed by atoms with Crippen LogP contribution in [0.15, 0.2) is 0 Å². The molecule has 0 saturated heterocycles. The molecular weight excluding hydrogens is 128 g/mol. The lowest BCUT2D eigenvalue weighted by atomic mass is 10.7. The quantitative estimate of drug-likeness (QED) is 0.518. The van der Waals surface area contributed by atoms with Crippen molar-refractivity contribution in [1.29, 1.82) is 0 Å². The Labute approximate surface area is 43.2 Å². The van der Waals surface area contributed by atoms with Gasteiger partial charge in [0.15, 0.2) is 0 Å². The molecule has 0 saturated carbocycles. The molecular formula is C3H3F4O. The molecule has 0 atom stereocenters. The summed E-state index contributed by atoms with van der Waals surface area (Å²) in [6.07, 6.45) is -4.44. The minimum Gasteiger partial charge on any atom is -0.334 e. The van der Waals surface area contributed by atoms with Crippen LogP contribution in [0.4, 0.5) is 17.6 Å². The Morgan fingerprint density at radius 2 is 1.88 bits per heavy atom. The van der Waals surface area contributed by atoms with E-state index in [0.29, 0.717) is 0 Å². The van der Waals surface area contributed by atoms with Crippen LogP contribution < -0.4 is 0 Å². The van der Waals surface area contributed by atoms with Gasteiger partial charge in [-0.2, -0.15) is 13.2 Å². The molecule has 1 radical (unpaired) electrons. The fourth-order valence-corrected chi connectivity index (χ4v) is 0.126. The fourth-order valence-electron chi connectivity index (χ4n) is 0.126. The average molecular weight is 131 g/mol. The van der Waals surface area contributed by atoms with E-state index in [1.807, 2.05) is 0 Å². The minimum absolute atomic E-state index is 0.493. The van der Waals surface area contributed by atoms with Crippen LogP contribution in [0.3, 0.4) is 0 Å². The van der Waals surface area contributed by atoms with E-state index >= 15 is 0 Å². The first kappa shape index (κ1) is 7.68. The lowest BCUT2D eigenvalue weighted by Crippen LogP contribution is -2.15. The van der Waals surface area contributed by atoms with Gasteiger partial charge in [-0.25, -0.2) is 4.39 Å². The third kappa shape index (κ3) is 5.68. The van der Waals surface area contributed by atoms with Crippen molar-refractivity contribution in [2.45, 2.75) is 6.18 Å². The zero-order chi connectivity index (χ0) is 6.62. The van der Waals surface area contributed by atoms with Crippen molar-refractivity contribution in [2.24, 2.45) is 0 Å². The summed E-state index contributed by atoms with van der Waals surface area (Å²) in [7, 11) is 0. The van der Waals surface area contributed by atoms with Crippen molar-refractivity contribution in [3.8, 4) is 0 Å². The predicted molar refractivity (Wildman–Crippen MR) is 17.4 cm³/mol. The molecule has 0 bridgehead atoms. The normalized spacial score (nSPS) is 12.0. The summed E-state index contributed by atoms with van der Waals surface area (Å²) >= 11 is 0. The predicted octanol–water partition coefficient (Wildman–Crippen LogP) is 1.65. The van der Waals surface area contributed by atoms with Crippen LogP contribution >= 0.6 is 0 Å². The molecule has 0 amide bonds. The molecule has 8 heavy (non-hydrogen) atoms. The second kappa shape index (κ2) is 2.86. The van der Waals surface area contributed by atoms with Gasteiger partial charge in [-0.15, -0.1) is 0 Å². The van der Waals surface area contributed by atoms with Gasteiger partial charge in [-0.1, -0.05) is 0 Å². The van der Waals surface area contributed by atoms with Gasteiger partial charge in [0.05, 0.1) is 0 Å². The Bertz CT molecular complexity index is 58.8. The van der Waals surface area contributed by atoms with E-state index in [1.54, 1.807) is 0 Å². The molecule has 0 aromatic rings. The second-order valence-corrected chi connectivity index (χ2v) is 1.02. The van der Waals surface area contributed by atoms with E-state index in [0.717, 1.165) is 0 Å². The van der Waals surface area contributed by atoms with Crippen LogP contribution in [0.2, 0.25) is 0 Å². The smallest absolute Gasteiger partial charge is 0.334 e. The number of alkyl halides is 3. The van der Waals surface area contributed by atoms with Crippen molar-refractivity contribution in [2.75, 3.05) is 6.61 Å². The third-order valence-corrected chi connectivity index (χ3v) is 0.310. The van der Waals surface area contributed by atoms with E-state index in [4.69, 9.17) is 0 Å². The molecule has 0 aliphatic carbocycles. The lowest BCUT2D eigenvalue weighted by Gasteiger charge is -2.01. The second-order valence-electron chi connectivity index (χ2n) is 1.02. The molecule has 0 aromatic heterocycles. The van der Waals surface area contributed by atoms with Gasteiger partial charge in [0.25, 0.3) is 6.86 Å². The zero-order valence-corrected chi connectivity index (χ0v) is 3.70. The van der Waals surface area contributed by atoms with Gasteiger partial charge < -0.3 is 4.74 Å². The zero-order valence-electron chi connectivity index (χ0n) is 3.70. The van der Waals surface area contributed by atoms with E-state index in [1.165, 1.54) is 0 Å². The van der Waals surface area contributed by atoms with Crippen molar-refractivity contribution >= 4 is 0 Å². The van der Waals surface area contributed by atoms with E-state index < -0.39 is 19.6 Å². The van der Waals surface area contributed by atoms with E-state index in [9.17, 15) is 17.6 Å². The lowest BCUT2D eigenvalue weighted by molar-refractivity contribution is -0.171. The SMILES string of the molecule is F[CH]OCC(F)(F)F. The van der Waals surface area contributed by atoms with Crippen molar-refractivity contribution in [3.63, 3.8) is 0 Å². The molecule has 0 aromatic carbocycles. The highest BCUT2D eigenvalue weighted by atomic mass is 19.4. The Balaban J connectivity index is 3.11. The van der Waals surface area contributed by atoms with E-state index in [2.05, 4.69) is 4.74 Å². The first-order chi connectivity index (χ1) is 3.56. The standard InChI is InChI=1S/C3H3F4O/c4-2-8-1-3(5,6)7/h2H,1H2. The van der Waals surface area contributed by atoms with Gasteiger partial charge in [-0.3, -0.25) is 0 Å². The number of hydrogen-bond donors (Lipinski definition) is 0. The summed E-state index contributed by atoms with van der Waals surface area (Å²) in [5.74, 6) is 0. The monoisotopic (exact) mass is 131 g/mol. The van der Waals surface area contributed by atoms with Gasteiger partial charge in [0.1, 0.15) is 6.61 Å². The molecule has 5 heteroatoms. The van der Waals surface area contributed by atoms with Gasteiger partial charge in [0, 0.05) is 0 Å². The Kier molecular flexibility index (Phi) is 2.75. The maximum Gasteiger partial charge on any atom is 0.411 e. The molecule has 1 nitrogen and oxygen atoms in total. The molecule has 0 spiro atoms. The number of hydrogen-bond acceptors (Lipinski definition) is 1. The third-order valence-electron chi connectivity index (χ3n) is 0.310. The Hall–Kier alpha value is -0.320. The van der Waals surface area contributed by atoms with Gasteiger partial charge in [0.2, 0.25) is 0 Å². The highest BCUT2D eigenvalue weighted by Gasteiger charge is 2.27. The summed E-state index contributed by atoms with van der Waals surface area (Å²) in [5, 5.41) is 0. The highest BCUT2D eigenvalue weighted by molar-refractivity contribution is 4.44.